The van der Waals surface area contributed by atoms with E-state index < -0.39 is 11.8 Å². The molecule has 0 saturated carbocycles. The maximum absolute atomic E-state index is 14.0. The zero-order valence-electron chi connectivity index (χ0n) is 22.0. The average Bonchev–Trinajstić information content (AvgIpc) is 3.60. The molecule has 9 heteroatoms. The Balaban J connectivity index is 1.35. The maximum atomic E-state index is 14.0. The lowest BCUT2D eigenvalue weighted by Gasteiger charge is -2.44. The summed E-state index contributed by atoms with van der Waals surface area (Å²) >= 11 is 0. The number of benzene rings is 2. The van der Waals surface area contributed by atoms with Gasteiger partial charge in [-0.05, 0) is 49.6 Å². The summed E-state index contributed by atoms with van der Waals surface area (Å²) in [5, 5.41) is 2.98. The first-order chi connectivity index (χ1) is 18.4. The van der Waals surface area contributed by atoms with E-state index in [0.29, 0.717) is 56.0 Å². The molecule has 0 radical (unpaired) electrons. The normalized spacial score (nSPS) is 22.5. The van der Waals surface area contributed by atoms with Crippen LogP contribution in [0.2, 0.25) is 0 Å². The minimum Gasteiger partial charge on any atom is -0.497 e. The fourth-order valence-corrected chi connectivity index (χ4v) is 5.64. The molecule has 3 fully saturated rings. The summed E-state index contributed by atoms with van der Waals surface area (Å²) in [5.41, 5.74) is 0.968. The molecule has 0 bridgehead atoms. The van der Waals surface area contributed by atoms with Gasteiger partial charge in [0.15, 0.2) is 0 Å². The van der Waals surface area contributed by atoms with E-state index in [0.717, 1.165) is 18.4 Å². The quantitative estimate of drug-likeness (QED) is 0.628. The van der Waals surface area contributed by atoms with Gasteiger partial charge in [-0.3, -0.25) is 19.3 Å². The predicted octanol–water partition coefficient (Wildman–Crippen LogP) is 2.77. The van der Waals surface area contributed by atoms with Gasteiger partial charge in [-0.2, -0.15) is 0 Å². The number of hydrogen-bond donors (Lipinski definition) is 1. The molecule has 3 saturated heterocycles. The molecule has 3 heterocycles. The summed E-state index contributed by atoms with van der Waals surface area (Å²) in [6.45, 7) is 3.92. The van der Waals surface area contributed by atoms with Crippen molar-refractivity contribution in [2.75, 3.05) is 40.0 Å². The molecule has 3 amide bonds. The Morgan fingerprint density at radius 1 is 1.08 bits per heavy atom. The summed E-state index contributed by atoms with van der Waals surface area (Å²) in [4.78, 5) is 43.9. The minimum absolute atomic E-state index is 0.00149. The monoisotopic (exact) mass is 521 g/mol. The number of methoxy groups -OCH3 is 1. The van der Waals surface area contributed by atoms with Crippen LogP contribution in [0.4, 0.5) is 0 Å². The van der Waals surface area contributed by atoms with Crippen molar-refractivity contribution >= 4 is 17.7 Å². The highest BCUT2D eigenvalue weighted by atomic mass is 16.5. The Morgan fingerprint density at radius 2 is 1.87 bits per heavy atom. The van der Waals surface area contributed by atoms with Crippen LogP contribution < -0.4 is 10.1 Å². The van der Waals surface area contributed by atoms with E-state index in [4.69, 9.17) is 14.2 Å². The highest BCUT2D eigenvalue weighted by molar-refractivity contribution is 5.99. The lowest BCUT2D eigenvalue weighted by Crippen LogP contribution is -2.60. The summed E-state index contributed by atoms with van der Waals surface area (Å²) in [5.74, 6) is 0.0503. The summed E-state index contributed by atoms with van der Waals surface area (Å²) in [6.07, 6.45) is 2.72. The van der Waals surface area contributed by atoms with Crippen LogP contribution in [0.3, 0.4) is 0 Å². The van der Waals surface area contributed by atoms with Gasteiger partial charge in [0.25, 0.3) is 11.8 Å². The molecule has 0 aromatic heterocycles. The first kappa shape index (κ1) is 26.2. The lowest BCUT2D eigenvalue weighted by atomic mass is 9.95. The number of carbonyl (C=O) groups is 3. The van der Waals surface area contributed by atoms with Crippen molar-refractivity contribution in [2.24, 2.45) is 0 Å². The average molecular weight is 522 g/mol. The van der Waals surface area contributed by atoms with Gasteiger partial charge in [0.2, 0.25) is 5.91 Å². The van der Waals surface area contributed by atoms with Crippen LogP contribution in [0.25, 0.3) is 0 Å². The fourth-order valence-electron chi connectivity index (χ4n) is 5.64. The second-order valence-corrected chi connectivity index (χ2v) is 10.2. The molecule has 38 heavy (non-hydrogen) atoms. The Bertz CT molecular complexity index is 1190. The Kier molecular flexibility index (Phi) is 7.67. The van der Waals surface area contributed by atoms with E-state index in [9.17, 15) is 14.4 Å². The minimum atomic E-state index is -0.962. The summed E-state index contributed by atoms with van der Waals surface area (Å²) in [7, 11) is 1.57. The standard InChI is InChI=1S/C29H35N3O6/c1-20-7-3-4-11-24(20)28(35)32-25(26(33)30-18-23-10-6-16-37-23)19-38-29(32)12-14-31(15-13-29)27(34)21-8-5-9-22(17-21)36-2/h3-5,7-9,11,17,23,25H,6,10,12-16,18-19H2,1-2H3,(H,30,33)/t23-,25-/m1/s1. The van der Waals surface area contributed by atoms with Gasteiger partial charge >= 0.3 is 0 Å². The van der Waals surface area contributed by atoms with Crippen LogP contribution in [0, 0.1) is 6.92 Å². The molecule has 9 nitrogen and oxygen atoms in total. The largest absolute Gasteiger partial charge is 0.497 e. The number of piperidine rings is 1. The van der Waals surface area contributed by atoms with Crippen molar-refractivity contribution in [1.82, 2.24) is 15.1 Å². The second kappa shape index (κ2) is 11.1. The number of aryl methyl sites for hydroxylation is 1. The molecule has 0 unspecified atom stereocenters. The first-order valence-corrected chi connectivity index (χ1v) is 13.3. The van der Waals surface area contributed by atoms with E-state index in [2.05, 4.69) is 5.32 Å². The SMILES string of the molecule is COc1cccc(C(=O)N2CCC3(CC2)OC[C@H](C(=O)NC[C@H]2CCCO2)N3C(=O)c2ccccc2C)c1. The van der Waals surface area contributed by atoms with Crippen LogP contribution in [-0.4, -0.2) is 85.3 Å². The number of ether oxygens (including phenoxy) is 3. The molecular formula is C29H35N3O6. The van der Waals surface area contributed by atoms with Gasteiger partial charge in [0.05, 0.1) is 19.8 Å². The third-order valence-corrected chi connectivity index (χ3v) is 7.83. The van der Waals surface area contributed by atoms with E-state index in [1.807, 2.05) is 25.1 Å². The third kappa shape index (κ3) is 5.13. The van der Waals surface area contributed by atoms with E-state index in [-0.39, 0.29) is 30.4 Å². The van der Waals surface area contributed by atoms with Crippen LogP contribution in [0.5, 0.6) is 5.75 Å². The van der Waals surface area contributed by atoms with Crippen LogP contribution >= 0.6 is 0 Å². The molecule has 202 valence electrons. The molecular weight excluding hydrogens is 486 g/mol. The zero-order valence-corrected chi connectivity index (χ0v) is 22.0. The molecule has 0 aliphatic carbocycles. The van der Waals surface area contributed by atoms with Gasteiger partial charge in [0.1, 0.15) is 17.5 Å². The molecule has 2 aromatic carbocycles. The van der Waals surface area contributed by atoms with E-state index in [1.165, 1.54) is 0 Å². The number of hydrogen-bond acceptors (Lipinski definition) is 6. The number of rotatable bonds is 6. The highest BCUT2D eigenvalue weighted by Gasteiger charge is 2.54. The zero-order chi connectivity index (χ0) is 26.7. The smallest absolute Gasteiger partial charge is 0.257 e. The van der Waals surface area contributed by atoms with Gasteiger partial charge in [-0.25, -0.2) is 0 Å². The van der Waals surface area contributed by atoms with Crippen molar-refractivity contribution < 1.29 is 28.6 Å². The van der Waals surface area contributed by atoms with Crippen molar-refractivity contribution in [3.8, 4) is 5.75 Å². The van der Waals surface area contributed by atoms with Crippen molar-refractivity contribution in [2.45, 2.75) is 50.5 Å². The van der Waals surface area contributed by atoms with Gasteiger partial charge in [-0.15, -0.1) is 0 Å². The molecule has 3 aliphatic heterocycles. The molecule has 2 aromatic rings. The molecule has 3 aliphatic rings. The van der Waals surface area contributed by atoms with Crippen LogP contribution in [0.15, 0.2) is 48.5 Å². The molecule has 5 rings (SSSR count). The summed E-state index contributed by atoms with van der Waals surface area (Å²) < 4.78 is 17.2. The van der Waals surface area contributed by atoms with Gasteiger partial charge in [-0.1, -0.05) is 24.3 Å². The van der Waals surface area contributed by atoms with Gasteiger partial charge < -0.3 is 24.4 Å². The number of likely N-dealkylation sites (tertiary alicyclic amines) is 1. The van der Waals surface area contributed by atoms with Crippen molar-refractivity contribution in [3.05, 3.63) is 65.2 Å². The Labute approximate surface area is 223 Å². The number of carbonyl (C=O) groups excluding carboxylic acids is 3. The van der Waals surface area contributed by atoms with E-state index in [1.54, 1.807) is 47.2 Å². The molecule has 1 spiro atoms. The van der Waals surface area contributed by atoms with E-state index >= 15 is 0 Å². The number of nitrogens with one attached hydrogen (secondary N) is 1. The number of amides is 3. The molecule has 2 atom stereocenters. The van der Waals surface area contributed by atoms with Crippen LogP contribution in [-0.2, 0) is 14.3 Å². The topological polar surface area (TPSA) is 97.4 Å². The highest BCUT2D eigenvalue weighted by Crippen LogP contribution is 2.39. The second-order valence-electron chi connectivity index (χ2n) is 10.2. The van der Waals surface area contributed by atoms with Crippen molar-refractivity contribution in [3.63, 3.8) is 0 Å². The molecule has 1 N–H and O–H groups in total. The fraction of sp³-hybridized carbons (Fsp3) is 0.483. The van der Waals surface area contributed by atoms with Crippen LogP contribution in [0.1, 0.15) is 52.0 Å². The first-order valence-electron chi connectivity index (χ1n) is 13.3. The maximum Gasteiger partial charge on any atom is 0.257 e. The summed E-state index contributed by atoms with van der Waals surface area (Å²) in [6, 6.07) is 13.7. The van der Waals surface area contributed by atoms with Gasteiger partial charge in [0, 0.05) is 50.2 Å². The van der Waals surface area contributed by atoms with Crippen molar-refractivity contribution in [1.29, 1.82) is 0 Å². The predicted molar refractivity (Wildman–Crippen MR) is 140 cm³/mol. The Morgan fingerprint density at radius 3 is 2.58 bits per heavy atom. The Hall–Kier alpha value is -3.43. The lowest BCUT2D eigenvalue weighted by molar-refractivity contribution is -0.128. The third-order valence-electron chi connectivity index (χ3n) is 7.83. The number of nitrogens with zero attached hydrogens (tertiary/aromatic N) is 2.